The number of hydrogen-bond donors (Lipinski definition) is 1. The number of hydrogen-bond acceptors (Lipinski definition) is 6. The molecule has 0 saturated carbocycles. The maximum atomic E-state index is 13.6. The summed E-state index contributed by atoms with van der Waals surface area (Å²) in [6.45, 7) is 4.60. The molecule has 1 aliphatic heterocycles. The summed E-state index contributed by atoms with van der Waals surface area (Å²) < 4.78 is 44.0. The number of piperidine rings is 1. The average molecular weight is 573 g/mol. The number of benzene rings is 2. The summed E-state index contributed by atoms with van der Waals surface area (Å²) >= 11 is 0. The minimum Gasteiger partial charge on any atom is -0.351 e. The molecule has 0 aliphatic carbocycles. The third kappa shape index (κ3) is 5.90. The molecule has 39 heavy (non-hydrogen) atoms. The second kappa shape index (κ2) is 11.7. The molecule has 2 aromatic heterocycles. The molecular formula is C27H30ClFN6O3S. The van der Waals surface area contributed by atoms with Gasteiger partial charge in [-0.2, -0.15) is 4.31 Å². The fraction of sp³-hybridized carbons (Fsp3) is 0.296. The van der Waals surface area contributed by atoms with Gasteiger partial charge in [-0.3, -0.25) is 9.13 Å². The van der Waals surface area contributed by atoms with Gasteiger partial charge in [0.2, 0.25) is 16.0 Å². The van der Waals surface area contributed by atoms with E-state index >= 15 is 0 Å². The van der Waals surface area contributed by atoms with E-state index in [4.69, 9.17) is 0 Å². The Kier molecular flexibility index (Phi) is 8.53. The first-order valence-corrected chi connectivity index (χ1v) is 13.9. The number of aromatic nitrogens is 4. The fourth-order valence-electron chi connectivity index (χ4n) is 4.59. The zero-order valence-corrected chi connectivity index (χ0v) is 23.2. The summed E-state index contributed by atoms with van der Waals surface area (Å²) in [7, 11) is -3.53. The van der Waals surface area contributed by atoms with Gasteiger partial charge in [0.25, 0.3) is 0 Å². The molecule has 0 spiro atoms. The van der Waals surface area contributed by atoms with Crippen molar-refractivity contribution in [3.05, 3.63) is 89.4 Å². The van der Waals surface area contributed by atoms with Crippen LogP contribution in [0.5, 0.6) is 0 Å². The van der Waals surface area contributed by atoms with Crippen LogP contribution in [-0.2, 0) is 10.0 Å². The van der Waals surface area contributed by atoms with Gasteiger partial charge in [0.15, 0.2) is 0 Å². The lowest BCUT2D eigenvalue weighted by Crippen LogP contribution is -2.42. The van der Waals surface area contributed by atoms with E-state index in [1.165, 1.54) is 21.0 Å². The smallest absolute Gasteiger partial charge is 0.333 e. The SMILES string of the molecule is CC(C)n1cc(-c2ccnc(NC3CCN(S(=O)(=O)c4ccccc4)CC3)n2)n(-c2ccc(F)cc2)c1=O.Cl. The van der Waals surface area contributed by atoms with Crippen molar-refractivity contribution in [2.24, 2.45) is 0 Å². The van der Waals surface area contributed by atoms with Crippen LogP contribution in [0.2, 0.25) is 0 Å². The zero-order valence-electron chi connectivity index (χ0n) is 21.6. The van der Waals surface area contributed by atoms with Crippen LogP contribution < -0.4 is 11.0 Å². The van der Waals surface area contributed by atoms with Crippen LogP contribution in [0.4, 0.5) is 10.3 Å². The number of nitrogens with zero attached hydrogens (tertiary/aromatic N) is 5. The van der Waals surface area contributed by atoms with Gasteiger partial charge in [-0.1, -0.05) is 18.2 Å². The van der Waals surface area contributed by atoms with Crippen molar-refractivity contribution >= 4 is 28.4 Å². The molecule has 0 unspecified atom stereocenters. The predicted molar refractivity (Wildman–Crippen MR) is 150 cm³/mol. The summed E-state index contributed by atoms with van der Waals surface area (Å²) in [5.41, 5.74) is 1.38. The maximum absolute atomic E-state index is 13.6. The Morgan fingerprint density at radius 1 is 1.00 bits per heavy atom. The van der Waals surface area contributed by atoms with E-state index in [0.29, 0.717) is 53.9 Å². The number of anilines is 1. The number of imidazole rings is 1. The first-order valence-electron chi connectivity index (χ1n) is 12.5. The number of sulfonamides is 1. The van der Waals surface area contributed by atoms with E-state index in [-0.39, 0.29) is 36.0 Å². The van der Waals surface area contributed by atoms with Gasteiger partial charge >= 0.3 is 5.69 Å². The monoisotopic (exact) mass is 572 g/mol. The van der Waals surface area contributed by atoms with E-state index in [0.717, 1.165) is 0 Å². The lowest BCUT2D eigenvalue weighted by molar-refractivity contribution is 0.329. The highest BCUT2D eigenvalue weighted by Gasteiger charge is 2.29. The van der Waals surface area contributed by atoms with Crippen LogP contribution in [0.15, 0.2) is 82.7 Å². The highest BCUT2D eigenvalue weighted by molar-refractivity contribution is 7.89. The molecule has 4 aromatic rings. The number of nitrogens with one attached hydrogen (secondary N) is 1. The van der Waals surface area contributed by atoms with Crippen LogP contribution in [0.25, 0.3) is 17.1 Å². The normalized spacial score (nSPS) is 14.8. The minimum absolute atomic E-state index is 0. The lowest BCUT2D eigenvalue weighted by atomic mass is 10.1. The molecule has 1 N–H and O–H groups in total. The molecule has 0 radical (unpaired) electrons. The Hall–Kier alpha value is -3.54. The molecular weight excluding hydrogens is 543 g/mol. The summed E-state index contributed by atoms with van der Waals surface area (Å²) in [4.78, 5) is 22.5. The Balaban J connectivity index is 0.00000353. The zero-order chi connectivity index (χ0) is 26.9. The molecule has 12 heteroatoms. The molecule has 0 amide bonds. The van der Waals surface area contributed by atoms with Gasteiger partial charge in [0.05, 0.1) is 22.0 Å². The Morgan fingerprint density at radius 3 is 2.31 bits per heavy atom. The average Bonchev–Trinajstić information content (AvgIpc) is 3.27. The largest absolute Gasteiger partial charge is 0.351 e. The van der Waals surface area contributed by atoms with Crippen LogP contribution in [0.1, 0.15) is 32.7 Å². The van der Waals surface area contributed by atoms with Gasteiger partial charge in [0, 0.05) is 37.6 Å². The number of rotatable bonds is 7. The van der Waals surface area contributed by atoms with Crippen molar-refractivity contribution in [2.45, 2.75) is 43.7 Å². The molecule has 1 aliphatic rings. The summed E-state index contributed by atoms with van der Waals surface area (Å²) in [6, 6.07) is 15.8. The van der Waals surface area contributed by atoms with Crippen molar-refractivity contribution < 1.29 is 12.8 Å². The van der Waals surface area contributed by atoms with Gasteiger partial charge in [0.1, 0.15) is 5.82 Å². The van der Waals surface area contributed by atoms with Crippen LogP contribution in [0.3, 0.4) is 0 Å². The minimum atomic E-state index is -3.53. The van der Waals surface area contributed by atoms with Crippen molar-refractivity contribution in [2.75, 3.05) is 18.4 Å². The molecule has 2 aromatic carbocycles. The molecule has 0 atom stereocenters. The Bertz CT molecular complexity index is 1580. The number of halogens is 2. The molecule has 206 valence electrons. The predicted octanol–water partition coefficient (Wildman–Crippen LogP) is 4.50. The quantitative estimate of drug-likeness (QED) is 0.350. The third-order valence-corrected chi connectivity index (χ3v) is 8.55. The van der Waals surface area contributed by atoms with E-state index in [2.05, 4.69) is 15.3 Å². The molecule has 9 nitrogen and oxygen atoms in total. The Morgan fingerprint density at radius 2 is 1.67 bits per heavy atom. The lowest BCUT2D eigenvalue weighted by Gasteiger charge is -2.31. The summed E-state index contributed by atoms with van der Waals surface area (Å²) in [5, 5.41) is 3.33. The molecule has 0 bridgehead atoms. The van der Waals surface area contributed by atoms with Crippen molar-refractivity contribution in [3.63, 3.8) is 0 Å². The van der Waals surface area contributed by atoms with Gasteiger partial charge in [-0.25, -0.2) is 27.6 Å². The molecule has 1 fully saturated rings. The first kappa shape index (κ1) is 28.5. The topological polar surface area (TPSA) is 102 Å². The van der Waals surface area contributed by atoms with Gasteiger partial charge in [-0.05, 0) is 69.2 Å². The van der Waals surface area contributed by atoms with Gasteiger partial charge in [-0.15, -0.1) is 12.4 Å². The van der Waals surface area contributed by atoms with Crippen LogP contribution in [-0.4, -0.2) is 51.0 Å². The third-order valence-electron chi connectivity index (χ3n) is 6.64. The molecule has 1 saturated heterocycles. The Labute approximate surface area is 232 Å². The molecule has 3 heterocycles. The van der Waals surface area contributed by atoms with E-state index in [1.807, 2.05) is 13.8 Å². The van der Waals surface area contributed by atoms with E-state index in [9.17, 15) is 17.6 Å². The van der Waals surface area contributed by atoms with Crippen molar-refractivity contribution in [3.8, 4) is 17.1 Å². The second-order valence-electron chi connectivity index (χ2n) is 9.51. The first-order chi connectivity index (χ1) is 18.2. The summed E-state index contributed by atoms with van der Waals surface area (Å²) in [6.07, 6.45) is 4.56. The van der Waals surface area contributed by atoms with E-state index in [1.54, 1.807) is 65.5 Å². The molecule has 5 rings (SSSR count). The van der Waals surface area contributed by atoms with E-state index < -0.39 is 10.0 Å². The van der Waals surface area contributed by atoms with Gasteiger partial charge < -0.3 is 5.32 Å². The maximum Gasteiger partial charge on any atom is 0.333 e. The second-order valence-corrected chi connectivity index (χ2v) is 11.4. The summed E-state index contributed by atoms with van der Waals surface area (Å²) in [5.74, 6) is 0.00467. The van der Waals surface area contributed by atoms with Crippen LogP contribution >= 0.6 is 12.4 Å². The van der Waals surface area contributed by atoms with Crippen LogP contribution in [0, 0.1) is 5.82 Å². The fourth-order valence-corrected chi connectivity index (χ4v) is 6.08. The van der Waals surface area contributed by atoms with Crippen molar-refractivity contribution in [1.29, 1.82) is 0 Å². The highest BCUT2D eigenvalue weighted by atomic mass is 35.5. The van der Waals surface area contributed by atoms with Crippen molar-refractivity contribution in [1.82, 2.24) is 23.4 Å². The standard InChI is InChI=1S/C27H29FN6O3S.ClH/c1-19(2)33-18-25(34(27(33)35)22-10-8-20(28)9-11-22)24-12-15-29-26(31-24)30-21-13-16-32(17-14-21)38(36,37)23-6-4-3-5-7-23;/h3-12,15,18-19,21H,13-14,16-17H2,1-2H3,(H,29,30,31);1H. The highest BCUT2D eigenvalue weighted by Crippen LogP contribution is 2.25.